The predicted octanol–water partition coefficient (Wildman–Crippen LogP) is 10.4. The van der Waals surface area contributed by atoms with Gasteiger partial charge in [-0.05, 0) is 18.8 Å². The van der Waals surface area contributed by atoms with E-state index in [1.807, 2.05) is 13.8 Å². The molecule has 292 valence electrons. The molecule has 1 rings (SSSR count). The molecule has 2 unspecified atom stereocenters. The molecular formula is C42H78N2O6. The minimum atomic E-state index is -0.414. The van der Waals surface area contributed by atoms with Crippen LogP contribution in [0.15, 0.2) is 0 Å². The van der Waals surface area contributed by atoms with Crippen molar-refractivity contribution in [3.8, 4) is 0 Å². The zero-order chi connectivity index (χ0) is 36.7. The number of esters is 2. The van der Waals surface area contributed by atoms with Gasteiger partial charge in [-0.15, -0.1) is 0 Å². The van der Waals surface area contributed by atoms with Gasteiger partial charge in [-0.25, -0.2) is 0 Å². The third-order valence-electron chi connectivity index (χ3n) is 9.84. The van der Waals surface area contributed by atoms with Gasteiger partial charge in [0.15, 0.2) is 0 Å². The van der Waals surface area contributed by atoms with Gasteiger partial charge in [0.05, 0.1) is 0 Å². The van der Waals surface area contributed by atoms with Crippen molar-refractivity contribution < 1.29 is 28.7 Å². The van der Waals surface area contributed by atoms with Gasteiger partial charge in [0, 0.05) is 57.5 Å². The van der Waals surface area contributed by atoms with Crippen molar-refractivity contribution in [2.45, 2.75) is 232 Å². The van der Waals surface area contributed by atoms with Gasteiger partial charge < -0.3 is 20.1 Å². The first-order valence-electron chi connectivity index (χ1n) is 21.2. The first kappa shape index (κ1) is 45.9. The maximum atomic E-state index is 12.8. The molecule has 2 amide bonds. The van der Waals surface area contributed by atoms with Crippen LogP contribution in [0.1, 0.15) is 214 Å². The fraction of sp³-hybridized carbons (Fsp3) is 0.905. The molecule has 50 heavy (non-hydrogen) atoms. The quantitative estimate of drug-likeness (QED) is 0.0532. The molecule has 0 aromatic heterocycles. The number of amides is 2. The summed E-state index contributed by atoms with van der Waals surface area (Å²) >= 11 is 0. The van der Waals surface area contributed by atoms with Crippen LogP contribution in [0, 0.1) is 5.92 Å². The molecule has 2 N–H and O–H groups in total. The molecule has 0 heterocycles. The molecule has 1 fully saturated rings. The van der Waals surface area contributed by atoms with E-state index >= 15 is 0 Å². The highest BCUT2D eigenvalue weighted by molar-refractivity contribution is 5.83. The molecule has 0 spiro atoms. The maximum Gasteiger partial charge on any atom is 0.306 e. The Morgan fingerprint density at radius 1 is 0.500 bits per heavy atom. The summed E-state index contributed by atoms with van der Waals surface area (Å²) < 4.78 is 11.8. The third kappa shape index (κ3) is 27.6. The molecule has 0 radical (unpaired) electrons. The first-order chi connectivity index (χ1) is 24.2. The molecule has 0 saturated heterocycles. The maximum absolute atomic E-state index is 12.8. The van der Waals surface area contributed by atoms with Gasteiger partial charge >= 0.3 is 11.9 Å². The molecule has 2 atom stereocenters. The van der Waals surface area contributed by atoms with Crippen LogP contribution >= 0.6 is 0 Å². The van der Waals surface area contributed by atoms with Gasteiger partial charge in [-0.1, -0.05) is 156 Å². The van der Waals surface area contributed by atoms with Gasteiger partial charge in [0.25, 0.3) is 0 Å². The number of rotatable bonds is 32. The molecule has 8 heteroatoms. The normalized spacial score (nSPS) is 17.4. The van der Waals surface area contributed by atoms with E-state index in [2.05, 4.69) is 24.5 Å². The van der Waals surface area contributed by atoms with Crippen LogP contribution in [0.3, 0.4) is 0 Å². The van der Waals surface area contributed by atoms with Crippen molar-refractivity contribution >= 4 is 23.8 Å². The van der Waals surface area contributed by atoms with Crippen molar-refractivity contribution in [3.63, 3.8) is 0 Å². The van der Waals surface area contributed by atoms with E-state index in [-0.39, 0.29) is 42.6 Å². The van der Waals surface area contributed by atoms with Gasteiger partial charge in [0.1, 0.15) is 12.2 Å². The van der Waals surface area contributed by atoms with Crippen molar-refractivity contribution in [2.75, 3.05) is 6.54 Å². The van der Waals surface area contributed by atoms with E-state index in [9.17, 15) is 19.2 Å². The average molecular weight is 707 g/mol. The van der Waals surface area contributed by atoms with E-state index < -0.39 is 12.2 Å². The lowest BCUT2D eigenvalue weighted by Gasteiger charge is -2.34. The van der Waals surface area contributed by atoms with Gasteiger partial charge in [-0.2, -0.15) is 0 Å². The Balaban J connectivity index is 2.46. The van der Waals surface area contributed by atoms with Crippen LogP contribution in [0.25, 0.3) is 0 Å². The van der Waals surface area contributed by atoms with E-state index in [0.29, 0.717) is 44.6 Å². The summed E-state index contributed by atoms with van der Waals surface area (Å²) in [7, 11) is 0. The van der Waals surface area contributed by atoms with Crippen LogP contribution in [0.2, 0.25) is 0 Å². The number of hydrogen-bond donors (Lipinski definition) is 2. The van der Waals surface area contributed by atoms with E-state index in [0.717, 1.165) is 38.5 Å². The predicted molar refractivity (Wildman–Crippen MR) is 205 cm³/mol. The number of ether oxygens (including phenoxy) is 2. The minimum Gasteiger partial charge on any atom is -0.462 e. The summed E-state index contributed by atoms with van der Waals surface area (Å²) in [5.41, 5.74) is 0. The van der Waals surface area contributed by atoms with E-state index in [1.54, 1.807) is 0 Å². The zero-order valence-corrected chi connectivity index (χ0v) is 33.0. The lowest BCUT2D eigenvalue weighted by Crippen LogP contribution is -2.46. The number of hydrogen-bond acceptors (Lipinski definition) is 6. The second-order valence-corrected chi connectivity index (χ2v) is 15.5. The van der Waals surface area contributed by atoms with Crippen LogP contribution in [0.5, 0.6) is 0 Å². The molecule has 0 bridgehead atoms. The Morgan fingerprint density at radius 2 is 0.860 bits per heavy atom. The smallest absolute Gasteiger partial charge is 0.306 e. The SMILES string of the molecule is CCCCCCCCCCCCCC(=O)OC1CC(NC(=O)CCC(=O)NCC(C)C)CC(OC(=O)CCCCCCCCCCCCC)C1. The number of carbonyl (C=O) groups excluding carboxylic acids is 4. The Hall–Kier alpha value is -2.12. The second kappa shape index (κ2) is 31.6. The van der Waals surface area contributed by atoms with Gasteiger partial charge in [0.2, 0.25) is 11.8 Å². The Labute approximate surface area is 307 Å². The number of unbranched alkanes of at least 4 members (excludes halogenated alkanes) is 20. The highest BCUT2D eigenvalue weighted by atomic mass is 16.6. The fourth-order valence-corrected chi connectivity index (χ4v) is 6.82. The van der Waals surface area contributed by atoms with Crippen LogP contribution in [-0.2, 0) is 28.7 Å². The average Bonchev–Trinajstić information content (AvgIpc) is 3.07. The molecular weight excluding hydrogens is 628 g/mol. The number of nitrogens with one attached hydrogen (secondary N) is 2. The third-order valence-corrected chi connectivity index (χ3v) is 9.84. The van der Waals surface area contributed by atoms with Crippen molar-refractivity contribution in [2.24, 2.45) is 5.92 Å². The Kier molecular flexibility index (Phi) is 29.0. The number of carbonyl (C=O) groups is 4. The van der Waals surface area contributed by atoms with Crippen molar-refractivity contribution in [3.05, 3.63) is 0 Å². The minimum absolute atomic E-state index is 0.0903. The lowest BCUT2D eigenvalue weighted by molar-refractivity contribution is -0.160. The highest BCUT2D eigenvalue weighted by Crippen LogP contribution is 2.26. The molecule has 0 aromatic rings. The standard InChI is InChI=1S/C42H78N2O6/c1-5-7-9-11-13-15-17-19-21-23-25-27-41(47)49-37-31-36(44-40(46)30-29-39(45)43-34-35(3)4)32-38(33-37)50-42(48)28-26-24-22-20-18-16-14-12-10-8-6-2/h35-38H,5-34H2,1-4H3,(H,43,45)(H,44,46). The van der Waals surface area contributed by atoms with E-state index in [4.69, 9.17) is 9.47 Å². The summed E-state index contributed by atoms with van der Waals surface area (Å²) in [6.07, 6.45) is 28.5. The van der Waals surface area contributed by atoms with Crippen LogP contribution < -0.4 is 10.6 Å². The van der Waals surface area contributed by atoms with Gasteiger partial charge in [-0.3, -0.25) is 19.2 Å². The summed E-state index contributed by atoms with van der Waals surface area (Å²) in [5, 5.41) is 5.87. The second-order valence-electron chi connectivity index (χ2n) is 15.5. The highest BCUT2D eigenvalue weighted by Gasteiger charge is 2.34. The summed E-state index contributed by atoms with van der Waals surface area (Å²) in [6.45, 7) is 9.13. The molecule has 0 aliphatic heterocycles. The van der Waals surface area contributed by atoms with Crippen LogP contribution in [-0.4, -0.2) is 48.5 Å². The Morgan fingerprint density at radius 3 is 1.24 bits per heavy atom. The summed E-state index contributed by atoms with van der Waals surface area (Å²) in [6, 6.07) is -0.283. The van der Waals surface area contributed by atoms with E-state index in [1.165, 1.54) is 103 Å². The lowest BCUT2D eigenvalue weighted by atomic mass is 9.90. The van der Waals surface area contributed by atoms with Crippen molar-refractivity contribution in [1.29, 1.82) is 0 Å². The van der Waals surface area contributed by atoms with Crippen LogP contribution in [0.4, 0.5) is 0 Å². The fourth-order valence-electron chi connectivity index (χ4n) is 6.82. The Bertz CT molecular complexity index is 830. The van der Waals surface area contributed by atoms with Crippen molar-refractivity contribution in [1.82, 2.24) is 10.6 Å². The monoisotopic (exact) mass is 707 g/mol. The largest absolute Gasteiger partial charge is 0.462 e. The molecule has 8 nitrogen and oxygen atoms in total. The summed E-state index contributed by atoms with van der Waals surface area (Å²) in [5.74, 6) is -0.440. The zero-order valence-electron chi connectivity index (χ0n) is 33.0. The first-order valence-corrected chi connectivity index (χ1v) is 21.2. The summed E-state index contributed by atoms with van der Waals surface area (Å²) in [4.78, 5) is 50.4. The molecule has 1 saturated carbocycles. The molecule has 1 aliphatic rings. The molecule has 1 aliphatic carbocycles. The topological polar surface area (TPSA) is 111 Å². The molecule has 0 aromatic carbocycles.